The number of fused-ring (bicyclic) bond motifs is 1. The van der Waals surface area contributed by atoms with Gasteiger partial charge in [0.05, 0.1) is 15.6 Å². The van der Waals surface area contributed by atoms with Gasteiger partial charge in [-0.3, -0.25) is 15.1 Å². The van der Waals surface area contributed by atoms with Crippen molar-refractivity contribution in [3.8, 4) is 0 Å². The number of rotatable bonds is 4. The van der Waals surface area contributed by atoms with E-state index in [0.29, 0.717) is 18.2 Å². The lowest BCUT2D eigenvalue weighted by atomic mass is 9.94. The molecule has 0 amide bonds. The molecule has 2 unspecified atom stereocenters. The summed E-state index contributed by atoms with van der Waals surface area (Å²) in [5.74, 6) is 0. The summed E-state index contributed by atoms with van der Waals surface area (Å²) in [4.78, 5) is 14.7. The average molecular weight is 349 g/mol. The molecule has 1 fully saturated rings. The predicted octanol–water partition coefficient (Wildman–Crippen LogP) is 2.91. The fraction of sp³-hybridized carbons (Fsp3) is 0.438. The van der Waals surface area contributed by atoms with Gasteiger partial charge in [-0.1, -0.05) is 6.42 Å². The fourth-order valence-corrected chi connectivity index (χ4v) is 4.52. The lowest BCUT2D eigenvalue weighted by Gasteiger charge is -2.29. The minimum atomic E-state index is -3.05. The van der Waals surface area contributed by atoms with Gasteiger partial charge in [-0.2, -0.15) is 0 Å². The summed E-state index contributed by atoms with van der Waals surface area (Å²) >= 11 is 0. The van der Waals surface area contributed by atoms with Gasteiger partial charge in [-0.25, -0.2) is 8.42 Å². The zero-order valence-electron chi connectivity index (χ0n) is 13.3. The average Bonchev–Trinajstić information content (AvgIpc) is 2.54. The minimum Gasteiger partial charge on any atom is -0.382 e. The minimum absolute atomic E-state index is 0.0151. The first-order chi connectivity index (χ1) is 11.4. The van der Waals surface area contributed by atoms with Crippen LogP contribution in [-0.4, -0.2) is 35.9 Å². The molecule has 1 aliphatic rings. The molecule has 7 nitrogen and oxygen atoms in total. The van der Waals surface area contributed by atoms with Crippen LogP contribution in [0.1, 0.15) is 25.7 Å². The van der Waals surface area contributed by atoms with Crippen molar-refractivity contribution in [3.63, 3.8) is 0 Å². The molecular weight excluding hydrogens is 330 g/mol. The van der Waals surface area contributed by atoms with Crippen LogP contribution in [0.5, 0.6) is 0 Å². The van der Waals surface area contributed by atoms with E-state index in [9.17, 15) is 18.5 Å². The number of hydrogen-bond donors (Lipinski definition) is 1. The number of pyridine rings is 1. The maximum absolute atomic E-state index is 11.8. The van der Waals surface area contributed by atoms with Crippen molar-refractivity contribution in [2.24, 2.45) is 0 Å². The summed E-state index contributed by atoms with van der Waals surface area (Å²) < 4.78 is 23.6. The van der Waals surface area contributed by atoms with E-state index in [1.54, 1.807) is 18.3 Å². The van der Waals surface area contributed by atoms with Gasteiger partial charge in [-0.05, 0) is 31.4 Å². The number of anilines is 1. The predicted molar refractivity (Wildman–Crippen MR) is 92.9 cm³/mol. The van der Waals surface area contributed by atoms with Crippen molar-refractivity contribution in [3.05, 3.63) is 40.7 Å². The van der Waals surface area contributed by atoms with E-state index in [2.05, 4.69) is 10.3 Å². The van der Waals surface area contributed by atoms with E-state index in [0.717, 1.165) is 23.9 Å². The molecule has 0 aliphatic heterocycles. The molecule has 1 aliphatic carbocycles. The molecule has 0 bridgehead atoms. The van der Waals surface area contributed by atoms with E-state index in [-0.39, 0.29) is 17.0 Å². The highest BCUT2D eigenvalue weighted by Crippen LogP contribution is 2.33. The van der Waals surface area contributed by atoms with E-state index >= 15 is 0 Å². The van der Waals surface area contributed by atoms with Gasteiger partial charge in [0.2, 0.25) is 0 Å². The smallest absolute Gasteiger partial charge is 0.278 e. The maximum Gasteiger partial charge on any atom is 0.278 e. The molecule has 0 spiro atoms. The van der Waals surface area contributed by atoms with Gasteiger partial charge in [0.15, 0.2) is 0 Å². The SMILES string of the molecule is CS(=O)(=O)C1CCCC(Nc2ccc([N+](=O)[O-])c3cnccc23)C1. The number of nitro benzene ring substituents is 1. The van der Waals surface area contributed by atoms with Crippen LogP contribution in [0.3, 0.4) is 0 Å². The molecule has 1 N–H and O–H groups in total. The van der Waals surface area contributed by atoms with E-state index < -0.39 is 14.8 Å². The zero-order chi connectivity index (χ0) is 17.3. The molecule has 1 heterocycles. The summed E-state index contributed by atoms with van der Waals surface area (Å²) in [5, 5.41) is 15.4. The standard InChI is InChI=1S/C16H19N3O4S/c1-24(22,23)12-4-2-3-11(9-12)18-15-5-6-16(19(20)21)14-10-17-8-7-13(14)15/h5-8,10-12,18H,2-4,9H2,1H3. The third-order valence-corrected chi connectivity index (χ3v) is 6.22. The fourth-order valence-electron chi connectivity index (χ4n) is 3.35. The van der Waals surface area contributed by atoms with E-state index in [1.165, 1.54) is 18.5 Å². The van der Waals surface area contributed by atoms with Crippen molar-refractivity contribution in [2.75, 3.05) is 11.6 Å². The second kappa shape index (κ2) is 6.35. The molecule has 8 heteroatoms. The Kier molecular flexibility index (Phi) is 4.40. The van der Waals surface area contributed by atoms with Gasteiger partial charge < -0.3 is 5.32 Å². The molecular formula is C16H19N3O4S. The zero-order valence-corrected chi connectivity index (χ0v) is 14.1. The van der Waals surface area contributed by atoms with Gasteiger partial charge in [0.25, 0.3) is 5.69 Å². The highest BCUT2D eigenvalue weighted by molar-refractivity contribution is 7.91. The number of aromatic nitrogens is 1. The number of benzene rings is 1. The lowest BCUT2D eigenvalue weighted by molar-refractivity contribution is -0.383. The molecule has 3 rings (SSSR count). The number of nitrogens with zero attached hydrogens (tertiary/aromatic N) is 2. The number of nitrogens with one attached hydrogen (secondary N) is 1. The number of hydrogen-bond acceptors (Lipinski definition) is 6. The Balaban J connectivity index is 1.91. The van der Waals surface area contributed by atoms with Crippen molar-refractivity contribution >= 4 is 32.0 Å². The molecule has 0 saturated heterocycles. The molecule has 24 heavy (non-hydrogen) atoms. The second-order valence-electron chi connectivity index (χ2n) is 6.27. The number of sulfone groups is 1. The van der Waals surface area contributed by atoms with Crippen LogP contribution in [0.4, 0.5) is 11.4 Å². The summed E-state index contributed by atoms with van der Waals surface area (Å²) in [5.41, 5.74) is 0.790. The Morgan fingerprint density at radius 1 is 1.25 bits per heavy atom. The number of non-ortho nitro benzene ring substituents is 1. The number of nitro groups is 1. The first kappa shape index (κ1) is 16.6. The van der Waals surface area contributed by atoms with Gasteiger partial charge in [0.1, 0.15) is 9.84 Å². The van der Waals surface area contributed by atoms with Crippen LogP contribution in [0, 0.1) is 10.1 Å². The Labute approximate surface area is 140 Å². The van der Waals surface area contributed by atoms with Gasteiger partial charge in [-0.15, -0.1) is 0 Å². The third kappa shape index (κ3) is 3.33. The van der Waals surface area contributed by atoms with Crippen LogP contribution >= 0.6 is 0 Å². The maximum atomic E-state index is 11.8. The first-order valence-electron chi connectivity index (χ1n) is 7.83. The monoisotopic (exact) mass is 349 g/mol. The summed E-state index contributed by atoms with van der Waals surface area (Å²) in [6.45, 7) is 0. The molecule has 1 saturated carbocycles. The van der Waals surface area contributed by atoms with Crippen molar-refractivity contribution in [1.29, 1.82) is 0 Å². The van der Waals surface area contributed by atoms with Gasteiger partial charge >= 0.3 is 0 Å². The van der Waals surface area contributed by atoms with Crippen molar-refractivity contribution < 1.29 is 13.3 Å². The summed E-state index contributed by atoms with van der Waals surface area (Å²) in [6.07, 6.45) is 7.35. The quantitative estimate of drug-likeness (QED) is 0.672. The first-order valence-corrected chi connectivity index (χ1v) is 9.78. The third-order valence-electron chi connectivity index (χ3n) is 4.58. The van der Waals surface area contributed by atoms with Crippen LogP contribution in [0.15, 0.2) is 30.6 Å². The molecule has 0 radical (unpaired) electrons. The Hall–Kier alpha value is -2.22. The van der Waals surface area contributed by atoms with Crippen LogP contribution in [0.25, 0.3) is 10.8 Å². The lowest BCUT2D eigenvalue weighted by Crippen LogP contribution is -2.34. The molecule has 1 aromatic heterocycles. The largest absolute Gasteiger partial charge is 0.382 e. The van der Waals surface area contributed by atoms with Crippen LogP contribution in [-0.2, 0) is 9.84 Å². The summed E-state index contributed by atoms with van der Waals surface area (Å²) in [7, 11) is -3.05. The van der Waals surface area contributed by atoms with E-state index in [1.807, 2.05) is 0 Å². The molecule has 1 aromatic carbocycles. The molecule has 2 aromatic rings. The molecule has 128 valence electrons. The van der Waals surface area contributed by atoms with E-state index in [4.69, 9.17) is 0 Å². The summed E-state index contributed by atoms with van der Waals surface area (Å²) in [6, 6.07) is 4.92. The topological polar surface area (TPSA) is 102 Å². The normalized spacial score (nSPS) is 21.5. The van der Waals surface area contributed by atoms with Crippen molar-refractivity contribution in [1.82, 2.24) is 4.98 Å². The Bertz CT molecular complexity index is 882. The highest BCUT2D eigenvalue weighted by atomic mass is 32.2. The Morgan fingerprint density at radius 3 is 2.75 bits per heavy atom. The van der Waals surface area contributed by atoms with Crippen LogP contribution in [0.2, 0.25) is 0 Å². The molecule has 2 atom stereocenters. The van der Waals surface area contributed by atoms with Crippen molar-refractivity contribution in [2.45, 2.75) is 37.0 Å². The second-order valence-corrected chi connectivity index (χ2v) is 8.60. The van der Waals surface area contributed by atoms with Gasteiger partial charge in [0, 0.05) is 41.8 Å². The Morgan fingerprint density at radius 2 is 2.04 bits per heavy atom. The highest BCUT2D eigenvalue weighted by Gasteiger charge is 2.29. The van der Waals surface area contributed by atoms with Crippen LogP contribution < -0.4 is 5.32 Å².